The number of hydrogen-bond acceptors (Lipinski definition) is 6. The van der Waals surface area contributed by atoms with E-state index in [0.29, 0.717) is 32.8 Å². The van der Waals surface area contributed by atoms with Gasteiger partial charge in [0.2, 0.25) is 0 Å². The lowest BCUT2D eigenvalue weighted by Gasteiger charge is -2.21. The third-order valence-electron chi connectivity index (χ3n) is 5.20. The van der Waals surface area contributed by atoms with Crippen LogP contribution in [0.1, 0.15) is 11.1 Å². The molecule has 0 saturated carbocycles. The lowest BCUT2D eigenvalue weighted by molar-refractivity contribution is -0.142. The molecule has 0 amide bonds. The SMILES string of the molecule is O=C(O)C1CN(CCO)CCN(CCON=C(c2ccccc2)c2ccccc2)C1. The summed E-state index contributed by atoms with van der Waals surface area (Å²) in [5.41, 5.74) is 2.72. The van der Waals surface area contributed by atoms with Crippen LogP contribution in [0.5, 0.6) is 0 Å². The molecule has 0 spiro atoms. The van der Waals surface area contributed by atoms with E-state index in [-0.39, 0.29) is 6.61 Å². The molecule has 1 fully saturated rings. The number of carbonyl (C=O) groups is 1. The van der Waals surface area contributed by atoms with Gasteiger partial charge < -0.3 is 15.1 Å². The second-order valence-corrected chi connectivity index (χ2v) is 7.37. The standard InChI is InChI=1S/C23H29N3O4/c27-15-13-25-11-12-26(18-21(17-25)23(28)29)14-16-30-24-22(19-7-3-1-4-8-19)20-9-5-2-6-10-20/h1-10,21,27H,11-18H2,(H,28,29). The van der Waals surface area contributed by atoms with Crippen molar-refractivity contribution < 1.29 is 19.8 Å². The van der Waals surface area contributed by atoms with Gasteiger partial charge in [-0.15, -0.1) is 0 Å². The van der Waals surface area contributed by atoms with Gasteiger partial charge in [0, 0.05) is 50.4 Å². The first-order valence-corrected chi connectivity index (χ1v) is 10.3. The minimum atomic E-state index is -0.806. The molecule has 1 heterocycles. The fraction of sp³-hybridized carbons (Fsp3) is 0.391. The van der Waals surface area contributed by atoms with E-state index >= 15 is 0 Å². The first kappa shape index (κ1) is 22.0. The van der Waals surface area contributed by atoms with Crippen molar-refractivity contribution in [1.82, 2.24) is 9.80 Å². The second kappa shape index (κ2) is 11.4. The number of oxime groups is 1. The van der Waals surface area contributed by atoms with Crippen LogP contribution in [0.4, 0.5) is 0 Å². The topological polar surface area (TPSA) is 85.6 Å². The van der Waals surface area contributed by atoms with Crippen LogP contribution >= 0.6 is 0 Å². The third kappa shape index (κ3) is 6.38. The fourth-order valence-electron chi connectivity index (χ4n) is 3.59. The number of hydrogen-bond donors (Lipinski definition) is 2. The van der Waals surface area contributed by atoms with Crippen LogP contribution in [0, 0.1) is 5.92 Å². The molecule has 0 aromatic heterocycles. The van der Waals surface area contributed by atoms with Crippen molar-refractivity contribution >= 4 is 11.7 Å². The van der Waals surface area contributed by atoms with Crippen LogP contribution < -0.4 is 0 Å². The molecule has 3 rings (SSSR count). The van der Waals surface area contributed by atoms with E-state index in [0.717, 1.165) is 29.9 Å². The van der Waals surface area contributed by atoms with Gasteiger partial charge >= 0.3 is 5.97 Å². The van der Waals surface area contributed by atoms with Gasteiger partial charge in [-0.3, -0.25) is 14.6 Å². The van der Waals surface area contributed by atoms with E-state index in [1.54, 1.807) is 0 Å². The molecule has 2 aromatic rings. The molecule has 2 N–H and O–H groups in total. The van der Waals surface area contributed by atoms with E-state index in [4.69, 9.17) is 4.84 Å². The van der Waals surface area contributed by atoms with E-state index in [2.05, 4.69) is 10.1 Å². The van der Waals surface area contributed by atoms with E-state index in [1.165, 1.54) is 0 Å². The maximum atomic E-state index is 11.6. The van der Waals surface area contributed by atoms with Crippen molar-refractivity contribution in [2.24, 2.45) is 11.1 Å². The lowest BCUT2D eigenvalue weighted by atomic mass is 10.0. The van der Waals surface area contributed by atoms with Gasteiger partial charge in [0.15, 0.2) is 0 Å². The number of aliphatic hydroxyl groups excluding tert-OH is 1. The summed E-state index contributed by atoms with van der Waals surface area (Å²) < 4.78 is 0. The summed E-state index contributed by atoms with van der Waals surface area (Å²) in [6, 6.07) is 19.8. The van der Waals surface area contributed by atoms with Crippen molar-refractivity contribution in [3.05, 3.63) is 71.8 Å². The van der Waals surface area contributed by atoms with Crippen molar-refractivity contribution in [3.8, 4) is 0 Å². The Hall–Kier alpha value is -2.74. The second-order valence-electron chi connectivity index (χ2n) is 7.37. The molecule has 1 atom stereocenters. The third-order valence-corrected chi connectivity index (χ3v) is 5.20. The Balaban J connectivity index is 1.62. The zero-order chi connectivity index (χ0) is 21.2. The molecular formula is C23H29N3O4. The Bertz CT molecular complexity index is 772. The van der Waals surface area contributed by atoms with Gasteiger partial charge in [0.05, 0.1) is 12.5 Å². The minimum Gasteiger partial charge on any atom is -0.481 e. The maximum absolute atomic E-state index is 11.6. The zero-order valence-corrected chi connectivity index (χ0v) is 17.1. The summed E-state index contributed by atoms with van der Waals surface area (Å²) >= 11 is 0. The fourth-order valence-corrected chi connectivity index (χ4v) is 3.59. The summed E-state index contributed by atoms with van der Waals surface area (Å²) in [6.45, 7) is 3.88. The molecule has 30 heavy (non-hydrogen) atoms. The summed E-state index contributed by atoms with van der Waals surface area (Å²) in [4.78, 5) is 21.3. The van der Waals surface area contributed by atoms with Crippen molar-refractivity contribution in [3.63, 3.8) is 0 Å². The van der Waals surface area contributed by atoms with Gasteiger partial charge in [-0.1, -0.05) is 65.8 Å². The molecule has 7 nitrogen and oxygen atoms in total. The number of carboxylic acids is 1. The van der Waals surface area contributed by atoms with Crippen LogP contribution in [0.2, 0.25) is 0 Å². The number of nitrogens with zero attached hydrogens (tertiary/aromatic N) is 3. The van der Waals surface area contributed by atoms with E-state index < -0.39 is 11.9 Å². The van der Waals surface area contributed by atoms with Crippen molar-refractivity contribution in [2.75, 3.05) is 52.5 Å². The van der Waals surface area contributed by atoms with Crippen LogP contribution in [0.15, 0.2) is 65.8 Å². The van der Waals surface area contributed by atoms with Crippen molar-refractivity contribution in [1.29, 1.82) is 0 Å². The van der Waals surface area contributed by atoms with Crippen LogP contribution in [0.3, 0.4) is 0 Å². The van der Waals surface area contributed by atoms with Crippen molar-refractivity contribution in [2.45, 2.75) is 0 Å². The molecule has 2 aromatic carbocycles. The van der Waals surface area contributed by atoms with E-state index in [1.807, 2.05) is 65.6 Å². The number of benzene rings is 2. The quantitative estimate of drug-likeness (QED) is 0.372. The zero-order valence-electron chi connectivity index (χ0n) is 17.1. The number of aliphatic carboxylic acids is 1. The van der Waals surface area contributed by atoms with Gasteiger partial charge in [-0.25, -0.2) is 0 Å². The van der Waals surface area contributed by atoms with E-state index in [9.17, 15) is 15.0 Å². The number of β-amino-alcohol motifs (C(OH)–C–C–N with tert-alkyl or cyclic N) is 1. The molecule has 0 bridgehead atoms. The predicted octanol–water partition coefficient (Wildman–Crippen LogP) is 1.77. The Labute approximate surface area is 177 Å². The molecule has 7 heteroatoms. The molecule has 0 radical (unpaired) electrons. The molecule has 1 aliphatic heterocycles. The normalized spacial score (nSPS) is 17.8. The monoisotopic (exact) mass is 411 g/mol. The summed E-state index contributed by atoms with van der Waals surface area (Å²) in [5.74, 6) is -1.29. The summed E-state index contributed by atoms with van der Waals surface area (Å²) in [7, 11) is 0. The minimum absolute atomic E-state index is 0.0336. The Morgan fingerprint density at radius 2 is 1.47 bits per heavy atom. The Morgan fingerprint density at radius 3 is 1.97 bits per heavy atom. The molecule has 1 saturated heterocycles. The number of carboxylic acid groups (broad SMARTS) is 1. The molecule has 1 unspecified atom stereocenters. The average Bonchev–Trinajstić information content (AvgIpc) is 2.98. The largest absolute Gasteiger partial charge is 0.481 e. The number of rotatable bonds is 9. The number of aliphatic hydroxyl groups is 1. The van der Waals surface area contributed by atoms with Gasteiger partial charge in [0.1, 0.15) is 12.3 Å². The predicted molar refractivity (Wildman–Crippen MR) is 116 cm³/mol. The highest BCUT2D eigenvalue weighted by Gasteiger charge is 2.27. The highest BCUT2D eigenvalue weighted by Crippen LogP contribution is 2.12. The summed E-state index contributed by atoms with van der Waals surface area (Å²) in [5, 5.41) is 23.1. The summed E-state index contributed by atoms with van der Waals surface area (Å²) in [6.07, 6.45) is 0. The van der Waals surface area contributed by atoms with Crippen LogP contribution in [0.25, 0.3) is 0 Å². The van der Waals surface area contributed by atoms with Crippen LogP contribution in [-0.2, 0) is 9.63 Å². The molecular weight excluding hydrogens is 382 g/mol. The van der Waals surface area contributed by atoms with Gasteiger partial charge in [-0.2, -0.15) is 0 Å². The van der Waals surface area contributed by atoms with Gasteiger partial charge in [0.25, 0.3) is 0 Å². The lowest BCUT2D eigenvalue weighted by Crippen LogP contribution is -2.36. The van der Waals surface area contributed by atoms with Gasteiger partial charge in [-0.05, 0) is 0 Å². The average molecular weight is 412 g/mol. The molecule has 0 aliphatic carbocycles. The first-order valence-electron chi connectivity index (χ1n) is 10.3. The highest BCUT2D eigenvalue weighted by molar-refractivity contribution is 6.12. The smallest absolute Gasteiger partial charge is 0.309 e. The Kier molecular flexibility index (Phi) is 8.38. The molecule has 160 valence electrons. The molecule has 1 aliphatic rings. The van der Waals surface area contributed by atoms with Crippen LogP contribution in [-0.4, -0.2) is 84.2 Å². The maximum Gasteiger partial charge on any atom is 0.309 e. The highest BCUT2D eigenvalue weighted by atomic mass is 16.6. The first-order chi connectivity index (χ1) is 14.7. The Morgan fingerprint density at radius 1 is 0.933 bits per heavy atom.